The van der Waals surface area contributed by atoms with Gasteiger partial charge in [-0.25, -0.2) is 4.79 Å². The van der Waals surface area contributed by atoms with E-state index in [0.717, 1.165) is 41.4 Å². The Morgan fingerprint density at radius 1 is 0.507 bits per heavy atom. The predicted octanol–water partition coefficient (Wildman–Crippen LogP) is 13.1. The van der Waals surface area contributed by atoms with Gasteiger partial charge in [0.05, 0.1) is 52.9 Å². The second-order valence-electron chi connectivity index (χ2n) is 20.5. The average Bonchev–Trinajstić information content (AvgIpc) is 3.36. The Kier molecular flexibility index (Phi) is 46.8. The van der Waals surface area contributed by atoms with Gasteiger partial charge in [0, 0.05) is 20.3 Å². The number of rotatable bonds is 42. The highest BCUT2D eigenvalue weighted by molar-refractivity contribution is 6.64. The number of esters is 1. The zero-order chi connectivity index (χ0) is 52.6. The van der Waals surface area contributed by atoms with Crippen molar-refractivity contribution in [2.45, 2.75) is 189 Å². The molecule has 4 aromatic carbocycles. The number of hydrogen-bond acceptors (Lipinski definition) is 10. The summed E-state index contributed by atoms with van der Waals surface area (Å²) in [6.07, 6.45) is 29.8. The van der Waals surface area contributed by atoms with Gasteiger partial charge < -0.3 is 63.8 Å². The first-order valence-corrected chi connectivity index (χ1v) is 30.6. The molecule has 0 aliphatic carbocycles. The van der Waals surface area contributed by atoms with Crippen LogP contribution in [0, 0.1) is 0 Å². The first kappa shape index (κ1) is 74.3. The predicted molar refractivity (Wildman–Crippen MR) is 312 cm³/mol. The average molecular weight is 1140 g/mol. The van der Waals surface area contributed by atoms with Crippen LogP contribution in [-0.4, -0.2) is 125 Å². The van der Waals surface area contributed by atoms with Gasteiger partial charge in [-0.2, -0.15) is 0 Å². The molecule has 0 aliphatic heterocycles. The molecule has 75 heavy (non-hydrogen) atoms. The van der Waals surface area contributed by atoms with E-state index in [1.807, 2.05) is 25.2 Å². The number of benzene rings is 4. The maximum atomic E-state index is 12.5. The van der Waals surface area contributed by atoms with E-state index in [9.17, 15) is 9.59 Å². The number of nitrogens with zero attached hydrogens (tertiary/aromatic N) is 1. The molecule has 0 fully saturated rings. The molecule has 0 aliphatic rings. The lowest BCUT2D eigenvalue weighted by Crippen LogP contribution is -3.00. The lowest BCUT2D eigenvalue weighted by Gasteiger charge is -2.23. The summed E-state index contributed by atoms with van der Waals surface area (Å²) in [5.74, 6) is -1.19. The Labute approximate surface area is 468 Å². The van der Waals surface area contributed by atoms with Gasteiger partial charge in [-0.05, 0) is 70.4 Å². The van der Waals surface area contributed by atoms with Crippen molar-refractivity contribution < 1.29 is 73.4 Å². The minimum atomic E-state index is -2.10. The quantitative estimate of drug-likeness (QED) is 0.0114. The van der Waals surface area contributed by atoms with Gasteiger partial charge in [0.15, 0.2) is 0 Å². The molecule has 434 valence electrons. The minimum absolute atomic E-state index is 0. The van der Waals surface area contributed by atoms with Crippen molar-refractivity contribution in [1.29, 1.82) is 0 Å². The molecule has 0 atom stereocenters. The number of carbonyl (C=O) groups is 2. The van der Waals surface area contributed by atoms with Crippen molar-refractivity contribution in [3.63, 3.8) is 0 Å². The van der Waals surface area contributed by atoms with Crippen LogP contribution < -0.4 is 17.0 Å². The number of quaternary nitrogens is 1. The van der Waals surface area contributed by atoms with Crippen LogP contribution in [0.1, 0.15) is 187 Å². The third-order valence-corrected chi connectivity index (χ3v) is 14.4. The number of carboxylic acid groups (broad SMARTS) is 1. The SMILES string of the molecule is C.C.CCCCCCCCCCCCCOCOCCC(=O)O.CCCCCCCCCCCCCOCOCC[N+](C)(C)C.CO[Si](C)(C)OCOCCOC(=O)c1cc2ccc3cccc4ccc(c1)c2c34.[Br-]. The van der Waals surface area contributed by atoms with Crippen LogP contribution in [0.2, 0.25) is 13.1 Å². The number of ether oxygens (including phenoxy) is 6. The van der Waals surface area contributed by atoms with Crippen LogP contribution in [0.3, 0.4) is 0 Å². The van der Waals surface area contributed by atoms with Gasteiger partial charge in [0.1, 0.15) is 33.5 Å². The molecule has 0 heterocycles. The van der Waals surface area contributed by atoms with E-state index in [2.05, 4.69) is 77.5 Å². The molecule has 0 unspecified atom stereocenters. The molecular weight excluding hydrogens is 1030 g/mol. The Balaban J connectivity index is 0. The van der Waals surface area contributed by atoms with E-state index < -0.39 is 14.5 Å². The third-order valence-electron chi connectivity index (χ3n) is 12.6. The van der Waals surface area contributed by atoms with Crippen molar-refractivity contribution in [2.75, 3.05) is 94.8 Å². The van der Waals surface area contributed by atoms with Gasteiger partial charge in [0.25, 0.3) is 0 Å². The van der Waals surface area contributed by atoms with Gasteiger partial charge in [-0.3, -0.25) is 4.79 Å². The second-order valence-corrected chi connectivity index (χ2v) is 24.0. The van der Waals surface area contributed by atoms with Gasteiger partial charge in [0.2, 0.25) is 0 Å². The number of likely N-dealkylation sites (N-methyl/N-ethyl adjacent to an activating group) is 1. The fourth-order valence-electron chi connectivity index (χ4n) is 8.04. The summed E-state index contributed by atoms with van der Waals surface area (Å²) in [7, 11) is 6.05. The molecule has 0 saturated carbocycles. The number of aliphatic carboxylic acids is 1. The smallest absolute Gasteiger partial charge is 0.338 e. The zero-order valence-electron chi connectivity index (χ0n) is 46.9. The van der Waals surface area contributed by atoms with Crippen LogP contribution in [0.4, 0.5) is 0 Å². The van der Waals surface area contributed by atoms with Crippen LogP contribution in [0.15, 0.2) is 54.6 Å². The van der Waals surface area contributed by atoms with Crippen molar-refractivity contribution in [1.82, 2.24) is 0 Å². The number of halogens is 1. The maximum absolute atomic E-state index is 12.5. The molecule has 0 radical (unpaired) electrons. The molecular formula is C61H108BrNO11Si. The van der Waals surface area contributed by atoms with E-state index >= 15 is 0 Å². The van der Waals surface area contributed by atoms with E-state index in [4.69, 9.17) is 42.4 Å². The van der Waals surface area contributed by atoms with E-state index in [0.29, 0.717) is 19.0 Å². The highest BCUT2D eigenvalue weighted by Crippen LogP contribution is 2.35. The fourth-order valence-corrected chi connectivity index (χ4v) is 8.52. The van der Waals surface area contributed by atoms with Crippen molar-refractivity contribution in [2.24, 2.45) is 0 Å². The largest absolute Gasteiger partial charge is 1.00 e. The summed E-state index contributed by atoms with van der Waals surface area (Å²) in [5, 5.41) is 15.3. The molecule has 4 aromatic rings. The Bertz CT molecular complexity index is 1880. The fraction of sp³-hybridized carbons (Fsp3) is 0.705. The highest BCUT2D eigenvalue weighted by Gasteiger charge is 2.22. The van der Waals surface area contributed by atoms with Crippen molar-refractivity contribution in [3.05, 3.63) is 60.2 Å². The number of carboxylic acids is 1. The molecule has 0 aromatic heterocycles. The molecule has 0 bridgehead atoms. The Morgan fingerprint density at radius 2 is 0.893 bits per heavy atom. The normalized spacial score (nSPS) is 11.3. The number of unbranched alkanes of at least 4 members (excludes halogenated alkanes) is 20. The molecule has 4 rings (SSSR count). The number of hydrogen-bond donors (Lipinski definition) is 1. The lowest BCUT2D eigenvalue weighted by atomic mass is 9.93. The minimum Gasteiger partial charge on any atom is -1.00 e. The number of carbonyl (C=O) groups excluding carboxylic acids is 1. The molecule has 14 heteroatoms. The van der Waals surface area contributed by atoms with Crippen molar-refractivity contribution >= 4 is 52.8 Å². The summed E-state index contributed by atoms with van der Waals surface area (Å²) in [4.78, 5) is 22.8. The van der Waals surface area contributed by atoms with E-state index in [1.165, 1.54) is 156 Å². The zero-order valence-corrected chi connectivity index (χ0v) is 49.5. The third kappa shape index (κ3) is 37.7. The standard InChI is InChI=1S/C23H24O5Si.C19H42NO2.C17H34O4.2CH4.BrH/c1-25-29(2,3)28-15-26-11-12-27-23(24)20-13-18-9-7-16-5-4-6-17-8-10-19(14-20)22(18)21(16)17;1-5-6-7-8-9-10-11-12-13-14-15-17-21-19-22-18-16-20(2,3)4;1-2-3-4-5-6-7-8-9-10-11-12-14-20-16-21-15-13-17(18)19;;;/h4-10,13-14H,11-12,15H2,1-3H3;5-19H2,1-4H3;2-16H2,1H3,(H,18,19);2*1H4;1H/q;+1;;;;/p-1. The topological polar surface area (TPSA) is 128 Å². The summed E-state index contributed by atoms with van der Waals surface area (Å²) >= 11 is 0. The monoisotopic (exact) mass is 1140 g/mol. The van der Waals surface area contributed by atoms with Crippen LogP contribution in [0.5, 0.6) is 0 Å². The second kappa shape index (κ2) is 47.3. The summed E-state index contributed by atoms with van der Waals surface area (Å²) < 4.78 is 43.8. The summed E-state index contributed by atoms with van der Waals surface area (Å²) in [6.45, 7) is 13.2. The lowest BCUT2D eigenvalue weighted by molar-refractivity contribution is -0.870. The first-order valence-electron chi connectivity index (χ1n) is 27.8. The van der Waals surface area contributed by atoms with Gasteiger partial charge in [-0.1, -0.05) is 200 Å². The first-order chi connectivity index (χ1) is 34.8. The molecule has 12 nitrogen and oxygen atoms in total. The van der Waals surface area contributed by atoms with Crippen LogP contribution >= 0.6 is 0 Å². The van der Waals surface area contributed by atoms with Gasteiger partial charge >= 0.3 is 20.5 Å². The maximum Gasteiger partial charge on any atom is 0.338 e. The van der Waals surface area contributed by atoms with Gasteiger partial charge in [-0.15, -0.1) is 0 Å². The Hall–Kier alpha value is -2.76. The van der Waals surface area contributed by atoms with E-state index in [1.54, 1.807) is 7.11 Å². The molecule has 0 amide bonds. The van der Waals surface area contributed by atoms with Crippen LogP contribution in [-0.2, 0) is 42.1 Å². The molecule has 1 N–H and O–H groups in total. The van der Waals surface area contributed by atoms with Crippen LogP contribution in [0.25, 0.3) is 32.3 Å². The van der Waals surface area contributed by atoms with Crippen molar-refractivity contribution in [3.8, 4) is 0 Å². The molecule has 0 spiro atoms. The van der Waals surface area contributed by atoms with E-state index in [-0.39, 0.29) is 77.6 Å². The summed E-state index contributed by atoms with van der Waals surface area (Å²) in [5.41, 5.74) is 0.542. The Morgan fingerprint density at radius 3 is 1.32 bits per heavy atom. The summed E-state index contributed by atoms with van der Waals surface area (Å²) in [6, 6.07) is 18.4. The highest BCUT2D eigenvalue weighted by atomic mass is 79.9. The molecule has 0 saturated heterocycles.